The van der Waals surface area contributed by atoms with Crippen molar-refractivity contribution in [2.24, 2.45) is 5.92 Å². The monoisotopic (exact) mass is 449 g/mol. The minimum absolute atomic E-state index is 0.117. The van der Waals surface area contributed by atoms with E-state index in [2.05, 4.69) is 27.7 Å². The second-order valence-corrected chi connectivity index (χ2v) is 10.3. The van der Waals surface area contributed by atoms with Gasteiger partial charge in [-0.15, -0.1) is 0 Å². The maximum absolute atomic E-state index is 12.1. The lowest BCUT2D eigenvalue weighted by molar-refractivity contribution is -0.124. The second-order valence-electron chi connectivity index (χ2n) is 9.45. The molecule has 0 radical (unpaired) electrons. The van der Waals surface area contributed by atoms with Gasteiger partial charge in [-0.05, 0) is 101 Å². The van der Waals surface area contributed by atoms with Gasteiger partial charge in [0, 0.05) is 27.8 Å². The molecular formula is C24H33Cl2N3O. The van der Waals surface area contributed by atoms with E-state index in [0.29, 0.717) is 22.5 Å². The molecule has 1 saturated carbocycles. The van der Waals surface area contributed by atoms with Crippen LogP contribution in [0.1, 0.15) is 52.0 Å². The second kappa shape index (κ2) is 10.2. The number of halogens is 2. The third kappa shape index (κ3) is 7.98. The van der Waals surface area contributed by atoms with Crippen LogP contribution < -0.4 is 10.6 Å². The molecule has 0 unspecified atom stereocenters. The molecule has 0 atom stereocenters. The first kappa shape index (κ1) is 23.2. The lowest BCUT2D eigenvalue weighted by atomic mass is 9.96. The molecule has 0 aromatic heterocycles. The van der Waals surface area contributed by atoms with E-state index in [0.717, 1.165) is 38.0 Å². The zero-order chi connectivity index (χ0) is 21.7. The fourth-order valence-corrected chi connectivity index (χ4v) is 4.29. The molecule has 1 aliphatic carbocycles. The summed E-state index contributed by atoms with van der Waals surface area (Å²) in [4.78, 5) is 14.4. The number of nitrogens with one attached hydrogen (secondary N) is 2. The molecule has 30 heavy (non-hydrogen) atoms. The van der Waals surface area contributed by atoms with Crippen LogP contribution in [-0.2, 0) is 4.79 Å². The van der Waals surface area contributed by atoms with Crippen molar-refractivity contribution < 1.29 is 4.79 Å². The molecule has 1 saturated heterocycles. The van der Waals surface area contributed by atoms with Crippen molar-refractivity contribution in [3.63, 3.8) is 0 Å². The highest BCUT2D eigenvalue weighted by Gasteiger charge is 2.23. The van der Waals surface area contributed by atoms with Crippen molar-refractivity contribution >= 4 is 35.2 Å². The predicted molar refractivity (Wildman–Crippen MR) is 127 cm³/mol. The van der Waals surface area contributed by atoms with Crippen molar-refractivity contribution in [1.29, 1.82) is 0 Å². The SMILES string of the molecule is CC(C)(C)NC(=O)CN1CCC(CNC(/C=C/c2cc(Cl)cc(Cl)c2)=C2CC2)CC1. The molecule has 0 bridgehead atoms. The molecule has 2 N–H and O–H groups in total. The summed E-state index contributed by atoms with van der Waals surface area (Å²) in [6, 6.07) is 5.59. The van der Waals surface area contributed by atoms with Crippen LogP contribution in [0.5, 0.6) is 0 Å². The summed E-state index contributed by atoms with van der Waals surface area (Å²) in [6.07, 6.45) is 8.80. The first-order chi connectivity index (χ1) is 14.2. The molecule has 164 valence electrons. The Labute approximate surface area is 190 Å². The predicted octanol–water partition coefficient (Wildman–Crippen LogP) is 5.27. The van der Waals surface area contributed by atoms with Gasteiger partial charge < -0.3 is 10.6 Å². The number of carbonyl (C=O) groups is 1. The zero-order valence-corrected chi connectivity index (χ0v) is 19.7. The molecule has 2 fully saturated rings. The Bertz CT molecular complexity index is 792. The van der Waals surface area contributed by atoms with Gasteiger partial charge in [-0.25, -0.2) is 0 Å². The fourth-order valence-electron chi connectivity index (χ4n) is 3.75. The van der Waals surface area contributed by atoms with Crippen molar-refractivity contribution in [2.45, 2.75) is 52.0 Å². The Balaban J connectivity index is 1.45. The van der Waals surface area contributed by atoms with E-state index in [1.165, 1.54) is 24.1 Å². The van der Waals surface area contributed by atoms with Crippen LogP contribution in [0.4, 0.5) is 0 Å². The van der Waals surface area contributed by atoms with E-state index in [9.17, 15) is 4.79 Å². The van der Waals surface area contributed by atoms with Crippen LogP contribution in [0.15, 0.2) is 35.5 Å². The van der Waals surface area contributed by atoms with E-state index < -0.39 is 0 Å². The third-order valence-electron chi connectivity index (χ3n) is 5.38. The lowest BCUT2D eigenvalue weighted by Crippen LogP contribution is -2.48. The summed E-state index contributed by atoms with van der Waals surface area (Å²) in [5.74, 6) is 0.751. The molecule has 1 aromatic carbocycles. The molecule has 3 rings (SSSR count). The maximum atomic E-state index is 12.1. The molecule has 1 aromatic rings. The Kier molecular flexibility index (Phi) is 7.89. The number of benzene rings is 1. The number of allylic oxidation sites excluding steroid dienone is 2. The Morgan fingerprint density at radius 3 is 2.33 bits per heavy atom. The minimum Gasteiger partial charge on any atom is -0.385 e. The summed E-state index contributed by atoms with van der Waals surface area (Å²) in [6.45, 7) is 9.48. The number of carbonyl (C=O) groups excluding carboxylic acids is 1. The van der Waals surface area contributed by atoms with Crippen molar-refractivity contribution in [3.05, 3.63) is 51.2 Å². The maximum Gasteiger partial charge on any atom is 0.234 e. The highest BCUT2D eigenvalue weighted by Crippen LogP contribution is 2.32. The zero-order valence-electron chi connectivity index (χ0n) is 18.2. The van der Waals surface area contributed by atoms with Crippen LogP contribution in [0.25, 0.3) is 6.08 Å². The van der Waals surface area contributed by atoms with E-state index in [1.807, 2.05) is 32.9 Å². The van der Waals surface area contributed by atoms with E-state index in [-0.39, 0.29) is 11.4 Å². The number of nitrogens with zero attached hydrogens (tertiary/aromatic N) is 1. The number of amides is 1. The standard InChI is InChI=1S/C24H33Cl2N3O/c1-24(2,3)28-23(30)16-29-10-8-17(9-11-29)15-27-22(19-5-6-19)7-4-18-12-20(25)14-21(26)13-18/h4,7,12-14,17,27H,5-6,8-11,15-16H2,1-3H3,(H,28,30)/b7-4+. The van der Waals surface area contributed by atoms with Gasteiger partial charge >= 0.3 is 0 Å². The van der Waals surface area contributed by atoms with Gasteiger partial charge in [0.25, 0.3) is 0 Å². The van der Waals surface area contributed by atoms with Gasteiger partial charge in [-0.2, -0.15) is 0 Å². The largest absolute Gasteiger partial charge is 0.385 e. The van der Waals surface area contributed by atoms with Gasteiger partial charge in [-0.3, -0.25) is 9.69 Å². The van der Waals surface area contributed by atoms with Crippen LogP contribution in [0, 0.1) is 5.92 Å². The molecule has 1 aliphatic heterocycles. The number of rotatable bonds is 7. The van der Waals surface area contributed by atoms with Crippen LogP contribution in [0.3, 0.4) is 0 Å². The summed E-state index contributed by atoms with van der Waals surface area (Å²) < 4.78 is 0. The first-order valence-electron chi connectivity index (χ1n) is 10.8. The molecule has 4 nitrogen and oxygen atoms in total. The normalized spacial score (nSPS) is 18.0. The number of likely N-dealkylation sites (tertiary alicyclic amines) is 1. The fraction of sp³-hybridized carbons (Fsp3) is 0.542. The number of piperidine rings is 1. The first-order valence-corrected chi connectivity index (χ1v) is 11.6. The Hall–Kier alpha value is -1.49. The molecule has 1 amide bonds. The minimum atomic E-state index is -0.171. The van der Waals surface area contributed by atoms with Crippen molar-refractivity contribution in [3.8, 4) is 0 Å². The molecule has 2 aliphatic rings. The number of hydrogen-bond acceptors (Lipinski definition) is 3. The van der Waals surface area contributed by atoms with Gasteiger partial charge in [0.15, 0.2) is 0 Å². The molecular weight excluding hydrogens is 417 g/mol. The van der Waals surface area contributed by atoms with Crippen molar-refractivity contribution in [1.82, 2.24) is 15.5 Å². The molecule has 6 heteroatoms. The summed E-state index contributed by atoms with van der Waals surface area (Å²) in [7, 11) is 0. The molecule has 0 spiro atoms. The van der Waals surface area contributed by atoms with E-state index >= 15 is 0 Å². The highest BCUT2D eigenvalue weighted by molar-refractivity contribution is 6.34. The van der Waals surface area contributed by atoms with Gasteiger partial charge in [0.05, 0.1) is 6.54 Å². The smallest absolute Gasteiger partial charge is 0.234 e. The van der Waals surface area contributed by atoms with Crippen LogP contribution in [0.2, 0.25) is 10.0 Å². The van der Waals surface area contributed by atoms with E-state index in [4.69, 9.17) is 23.2 Å². The van der Waals surface area contributed by atoms with Gasteiger partial charge in [-0.1, -0.05) is 29.3 Å². The average Bonchev–Trinajstić information content (AvgIpc) is 3.45. The quantitative estimate of drug-likeness (QED) is 0.595. The van der Waals surface area contributed by atoms with Crippen molar-refractivity contribution in [2.75, 3.05) is 26.2 Å². The summed E-state index contributed by atoms with van der Waals surface area (Å²) in [5, 5.41) is 8.02. The topological polar surface area (TPSA) is 44.4 Å². The highest BCUT2D eigenvalue weighted by atomic mass is 35.5. The van der Waals surface area contributed by atoms with E-state index in [1.54, 1.807) is 6.07 Å². The average molecular weight is 450 g/mol. The Morgan fingerprint density at radius 1 is 1.13 bits per heavy atom. The van der Waals surface area contributed by atoms with Gasteiger partial charge in [0.1, 0.15) is 0 Å². The van der Waals surface area contributed by atoms with Crippen LogP contribution in [-0.4, -0.2) is 42.5 Å². The summed E-state index contributed by atoms with van der Waals surface area (Å²) >= 11 is 12.2. The lowest BCUT2D eigenvalue weighted by Gasteiger charge is -2.32. The summed E-state index contributed by atoms with van der Waals surface area (Å²) in [5.41, 5.74) is 3.55. The third-order valence-corrected chi connectivity index (χ3v) is 5.81. The number of hydrogen-bond donors (Lipinski definition) is 2. The van der Waals surface area contributed by atoms with Gasteiger partial charge in [0.2, 0.25) is 5.91 Å². The Morgan fingerprint density at radius 2 is 1.77 bits per heavy atom. The van der Waals surface area contributed by atoms with Crippen LogP contribution >= 0.6 is 23.2 Å². The molecule has 1 heterocycles.